The molecule has 0 saturated heterocycles. The Hall–Kier alpha value is -3.23. The summed E-state index contributed by atoms with van der Waals surface area (Å²) in [6.07, 6.45) is 1.30. The van der Waals surface area contributed by atoms with E-state index in [2.05, 4.69) is 20.7 Å². The monoisotopic (exact) mass is 403 g/mol. The average Bonchev–Trinajstić information content (AvgIpc) is 3.14. The molecule has 0 radical (unpaired) electrons. The first-order chi connectivity index (χ1) is 12.9. The van der Waals surface area contributed by atoms with Crippen molar-refractivity contribution < 1.29 is 9.72 Å². The van der Waals surface area contributed by atoms with E-state index in [1.807, 2.05) is 0 Å². The lowest BCUT2D eigenvalue weighted by Gasteiger charge is -2.00. The Morgan fingerprint density at radius 3 is 2.81 bits per heavy atom. The molecule has 0 aliphatic heterocycles. The molecule has 1 aromatic heterocycles. The van der Waals surface area contributed by atoms with Gasteiger partial charge in [-0.05, 0) is 24.3 Å². The van der Waals surface area contributed by atoms with E-state index in [0.29, 0.717) is 26.9 Å². The maximum atomic E-state index is 12.1. The quantitative estimate of drug-likeness (QED) is 0.379. The zero-order valence-electron chi connectivity index (χ0n) is 13.5. The number of hydrogen-bond donors (Lipinski definition) is 2. The van der Waals surface area contributed by atoms with Crippen LogP contribution in [-0.2, 0) is 0 Å². The van der Waals surface area contributed by atoms with Crippen LogP contribution in [0.1, 0.15) is 16.1 Å². The highest BCUT2D eigenvalue weighted by Gasteiger charge is 2.13. The second kappa shape index (κ2) is 7.98. The second-order valence-corrected chi connectivity index (χ2v) is 6.19. The van der Waals surface area contributed by atoms with Crippen LogP contribution in [0.15, 0.2) is 53.6 Å². The van der Waals surface area contributed by atoms with Crippen LogP contribution in [0.2, 0.25) is 10.0 Å². The Morgan fingerprint density at radius 2 is 2.04 bits per heavy atom. The Labute approximate surface area is 163 Å². The number of amides is 1. The summed E-state index contributed by atoms with van der Waals surface area (Å²) >= 11 is 12.1. The van der Waals surface area contributed by atoms with Crippen LogP contribution in [-0.4, -0.2) is 27.2 Å². The molecule has 0 bridgehead atoms. The minimum Gasteiger partial charge on any atom is -0.272 e. The van der Waals surface area contributed by atoms with E-state index in [4.69, 9.17) is 23.2 Å². The Kier molecular flexibility index (Phi) is 5.49. The molecule has 0 aliphatic carbocycles. The molecular formula is C17H11Cl2N5O3. The van der Waals surface area contributed by atoms with Gasteiger partial charge in [-0.15, -0.1) is 0 Å². The lowest BCUT2D eigenvalue weighted by molar-refractivity contribution is -0.384. The molecule has 27 heavy (non-hydrogen) atoms. The number of aromatic nitrogens is 2. The van der Waals surface area contributed by atoms with E-state index in [1.54, 1.807) is 24.3 Å². The number of H-pyrrole nitrogens is 1. The van der Waals surface area contributed by atoms with Crippen molar-refractivity contribution >= 4 is 41.0 Å². The number of nitrogens with one attached hydrogen (secondary N) is 2. The van der Waals surface area contributed by atoms with Gasteiger partial charge in [0.15, 0.2) is 0 Å². The molecule has 1 heterocycles. The fourth-order valence-corrected chi connectivity index (χ4v) is 2.60. The molecule has 8 nitrogen and oxygen atoms in total. The van der Waals surface area contributed by atoms with Crippen molar-refractivity contribution in [3.05, 3.63) is 79.9 Å². The Balaban J connectivity index is 1.70. The number of halogens is 2. The first-order valence-electron chi connectivity index (χ1n) is 7.53. The van der Waals surface area contributed by atoms with Crippen molar-refractivity contribution in [2.75, 3.05) is 0 Å². The number of nitrogens with zero attached hydrogens (tertiary/aromatic N) is 3. The summed E-state index contributed by atoms with van der Waals surface area (Å²) in [6, 6.07) is 12.3. The highest BCUT2D eigenvalue weighted by Crippen LogP contribution is 2.29. The summed E-state index contributed by atoms with van der Waals surface area (Å²) in [5, 5.41) is 22.1. The van der Waals surface area contributed by atoms with Crippen molar-refractivity contribution in [1.82, 2.24) is 15.6 Å². The highest BCUT2D eigenvalue weighted by atomic mass is 35.5. The third kappa shape index (κ3) is 4.49. The third-order valence-electron chi connectivity index (χ3n) is 3.49. The maximum Gasteiger partial charge on any atom is 0.289 e. The van der Waals surface area contributed by atoms with Gasteiger partial charge in [0.05, 0.1) is 21.9 Å². The number of hydrogen-bond acceptors (Lipinski definition) is 5. The van der Waals surface area contributed by atoms with Crippen molar-refractivity contribution in [2.24, 2.45) is 5.10 Å². The molecule has 3 rings (SSSR count). The van der Waals surface area contributed by atoms with E-state index in [9.17, 15) is 14.9 Å². The van der Waals surface area contributed by atoms with E-state index >= 15 is 0 Å². The lowest BCUT2D eigenvalue weighted by Crippen LogP contribution is -2.18. The number of hydrazone groups is 1. The molecular weight excluding hydrogens is 393 g/mol. The van der Waals surface area contributed by atoms with Gasteiger partial charge in [0.2, 0.25) is 0 Å². The highest BCUT2D eigenvalue weighted by molar-refractivity contribution is 6.35. The molecule has 2 N–H and O–H groups in total. The molecule has 0 saturated carbocycles. The largest absolute Gasteiger partial charge is 0.289 e. The van der Waals surface area contributed by atoms with Gasteiger partial charge in [0.25, 0.3) is 11.6 Å². The molecule has 3 aromatic rings. The minimum absolute atomic E-state index is 0.0677. The number of nitro benzene ring substituents is 1. The lowest BCUT2D eigenvalue weighted by atomic mass is 10.1. The second-order valence-electron chi connectivity index (χ2n) is 5.34. The van der Waals surface area contributed by atoms with Crippen LogP contribution in [0.5, 0.6) is 0 Å². The fraction of sp³-hybridized carbons (Fsp3) is 0. The molecule has 0 fully saturated rings. The number of non-ortho nitro benzene ring substituents is 1. The third-order valence-corrected chi connectivity index (χ3v) is 4.05. The average molecular weight is 404 g/mol. The van der Waals surface area contributed by atoms with Gasteiger partial charge in [-0.2, -0.15) is 10.2 Å². The first-order valence-corrected chi connectivity index (χ1v) is 8.28. The number of benzene rings is 2. The summed E-state index contributed by atoms with van der Waals surface area (Å²) < 4.78 is 0. The Bertz CT molecular complexity index is 1050. The summed E-state index contributed by atoms with van der Waals surface area (Å²) in [7, 11) is 0. The number of carbonyl (C=O) groups excluding carboxylic acids is 1. The zero-order valence-corrected chi connectivity index (χ0v) is 15.0. The van der Waals surface area contributed by atoms with Gasteiger partial charge in [0.1, 0.15) is 5.69 Å². The van der Waals surface area contributed by atoms with Crippen LogP contribution in [0.4, 0.5) is 5.69 Å². The van der Waals surface area contributed by atoms with Gasteiger partial charge in [-0.25, -0.2) is 5.43 Å². The number of carbonyl (C=O) groups is 1. The summed E-state index contributed by atoms with van der Waals surface area (Å²) in [6.45, 7) is 0. The van der Waals surface area contributed by atoms with Crippen LogP contribution in [0, 0.1) is 10.1 Å². The molecule has 0 atom stereocenters. The fourth-order valence-electron chi connectivity index (χ4n) is 2.21. The Morgan fingerprint density at radius 1 is 1.22 bits per heavy atom. The molecule has 0 spiro atoms. The molecule has 0 aliphatic rings. The molecule has 10 heteroatoms. The predicted octanol–water partition coefficient (Wildman–Crippen LogP) is 4.06. The van der Waals surface area contributed by atoms with Crippen molar-refractivity contribution in [3.63, 3.8) is 0 Å². The van der Waals surface area contributed by atoms with Crippen molar-refractivity contribution in [2.45, 2.75) is 0 Å². The zero-order chi connectivity index (χ0) is 19.4. The van der Waals surface area contributed by atoms with Gasteiger partial charge in [-0.1, -0.05) is 35.3 Å². The molecule has 136 valence electrons. The van der Waals surface area contributed by atoms with Gasteiger partial charge < -0.3 is 0 Å². The van der Waals surface area contributed by atoms with Crippen LogP contribution in [0.3, 0.4) is 0 Å². The SMILES string of the molecule is O=C(N/N=C\c1cccc([N+](=O)[O-])c1)c1cc(-c2cc(Cl)ccc2Cl)n[nH]1. The smallest absolute Gasteiger partial charge is 0.272 e. The van der Waals surface area contributed by atoms with Crippen LogP contribution >= 0.6 is 23.2 Å². The molecule has 1 amide bonds. The normalized spacial score (nSPS) is 10.9. The predicted molar refractivity (Wildman–Crippen MR) is 102 cm³/mol. The van der Waals surface area contributed by atoms with Gasteiger partial charge in [-0.3, -0.25) is 20.0 Å². The van der Waals surface area contributed by atoms with Crippen molar-refractivity contribution in [1.29, 1.82) is 0 Å². The summed E-state index contributed by atoms with van der Waals surface area (Å²) in [5.74, 6) is -0.534. The summed E-state index contributed by atoms with van der Waals surface area (Å²) in [5.41, 5.74) is 3.92. The topological polar surface area (TPSA) is 113 Å². The minimum atomic E-state index is -0.534. The van der Waals surface area contributed by atoms with Crippen LogP contribution < -0.4 is 5.43 Å². The van der Waals surface area contributed by atoms with E-state index in [0.717, 1.165) is 0 Å². The van der Waals surface area contributed by atoms with E-state index < -0.39 is 10.8 Å². The number of nitro groups is 1. The maximum absolute atomic E-state index is 12.1. The van der Waals surface area contributed by atoms with Gasteiger partial charge in [0, 0.05) is 28.3 Å². The van der Waals surface area contributed by atoms with Gasteiger partial charge >= 0.3 is 0 Å². The number of rotatable bonds is 5. The summed E-state index contributed by atoms with van der Waals surface area (Å²) in [4.78, 5) is 22.4. The first kappa shape index (κ1) is 18.6. The number of aromatic amines is 1. The van der Waals surface area contributed by atoms with E-state index in [1.165, 1.54) is 30.5 Å². The molecule has 2 aromatic carbocycles. The standard InChI is InChI=1S/C17H11Cl2N5O3/c18-11-4-5-14(19)13(7-11)15-8-16(22-21-15)17(25)23-20-9-10-2-1-3-12(6-10)24(26)27/h1-9H,(H,21,22)(H,23,25)/b20-9-. The van der Waals surface area contributed by atoms with Crippen molar-refractivity contribution in [3.8, 4) is 11.3 Å². The van der Waals surface area contributed by atoms with E-state index in [-0.39, 0.29) is 11.4 Å². The molecule has 0 unspecified atom stereocenters. The van der Waals surface area contributed by atoms with Crippen LogP contribution in [0.25, 0.3) is 11.3 Å².